The number of ether oxygens (including phenoxy) is 1. The third kappa shape index (κ3) is 3.01. The molecule has 1 aliphatic heterocycles. The SMILES string of the molecule is COc1c(Cl)ccc(Cl)c1C(=O)N1CCNC(=O)C1C(C)C. The van der Waals surface area contributed by atoms with E-state index in [-0.39, 0.29) is 34.1 Å². The van der Waals surface area contributed by atoms with E-state index >= 15 is 0 Å². The summed E-state index contributed by atoms with van der Waals surface area (Å²) in [5.74, 6) is -0.300. The van der Waals surface area contributed by atoms with E-state index in [1.807, 2.05) is 13.8 Å². The summed E-state index contributed by atoms with van der Waals surface area (Å²) in [6, 6.07) is 2.58. The molecule has 1 unspecified atom stereocenters. The number of carbonyl (C=O) groups excluding carboxylic acids is 2. The molecule has 1 heterocycles. The number of amides is 2. The van der Waals surface area contributed by atoms with E-state index in [0.29, 0.717) is 18.1 Å². The van der Waals surface area contributed by atoms with Crippen LogP contribution in [0.5, 0.6) is 5.75 Å². The first kappa shape index (κ1) is 16.9. The zero-order chi connectivity index (χ0) is 16.4. The maximum Gasteiger partial charge on any atom is 0.259 e. The van der Waals surface area contributed by atoms with Crippen LogP contribution in [0.4, 0.5) is 0 Å². The lowest BCUT2D eigenvalue weighted by Crippen LogP contribution is -2.59. The molecule has 0 aromatic heterocycles. The van der Waals surface area contributed by atoms with E-state index in [1.54, 1.807) is 12.1 Å². The van der Waals surface area contributed by atoms with Gasteiger partial charge in [-0.3, -0.25) is 9.59 Å². The molecule has 1 aromatic rings. The molecule has 22 heavy (non-hydrogen) atoms. The summed E-state index contributed by atoms with van der Waals surface area (Å²) in [5, 5.41) is 3.33. The van der Waals surface area contributed by atoms with Crippen LogP contribution >= 0.6 is 23.2 Å². The molecule has 1 fully saturated rings. The van der Waals surface area contributed by atoms with Crippen molar-refractivity contribution in [2.75, 3.05) is 20.2 Å². The molecule has 0 bridgehead atoms. The molecule has 0 saturated carbocycles. The highest BCUT2D eigenvalue weighted by Crippen LogP contribution is 2.35. The fraction of sp³-hybridized carbons (Fsp3) is 0.467. The van der Waals surface area contributed by atoms with Gasteiger partial charge in [0.1, 0.15) is 11.6 Å². The Bertz CT molecular complexity index is 605. The molecular formula is C15H18Cl2N2O3. The Morgan fingerprint density at radius 2 is 2.00 bits per heavy atom. The standard InChI is InChI=1S/C15H18Cl2N2O3/c1-8(2)12-14(20)18-6-7-19(12)15(21)11-9(16)4-5-10(17)13(11)22-3/h4-5,8,12H,6-7H2,1-3H3,(H,18,20). The molecule has 120 valence electrons. The third-order valence-corrected chi connectivity index (χ3v) is 4.24. The molecule has 5 nitrogen and oxygen atoms in total. The van der Waals surface area contributed by atoms with Crippen molar-refractivity contribution in [3.8, 4) is 5.75 Å². The van der Waals surface area contributed by atoms with Gasteiger partial charge in [0, 0.05) is 13.1 Å². The summed E-state index contributed by atoms with van der Waals surface area (Å²) in [5.41, 5.74) is 0.192. The van der Waals surface area contributed by atoms with Crippen LogP contribution in [-0.4, -0.2) is 43.0 Å². The highest BCUT2D eigenvalue weighted by atomic mass is 35.5. The monoisotopic (exact) mass is 344 g/mol. The Morgan fingerprint density at radius 3 is 2.59 bits per heavy atom. The van der Waals surface area contributed by atoms with Gasteiger partial charge in [-0.1, -0.05) is 37.0 Å². The van der Waals surface area contributed by atoms with Crippen molar-refractivity contribution in [1.29, 1.82) is 0 Å². The number of nitrogens with zero attached hydrogens (tertiary/aromatic N) is 1. The predicted octanol–water partition coefficient (Wildman–Crippen LogP) is 2.60. The number of nitrogens with one attached hydrogen (secondary N) is 1. The molecule has 1 aromatic carbocycles. The first-order chi connectivity index (χ1) is 10.4. The van der Waals surface area contributed by atoms with Crippen LogP contribution in [0.1, 0.15) is 24.2 Å². The minimum Gasteiger partial charge on any atom is -0.494 e. The highest BCUT2D eigenvalue weighted by Gasteiger charge is 2.37. The van der Waals surface area contributed by atoms with Crippen LogP contribution in [0.3, 0.4) is 0 Å². The molecule has 0 aliphatic carbocycles. The summed E-state index contributed by atoms with van der Waals surface area (Å²) >= 11 is 12.2. The third-order valence-electron chi connectivity index (χ3n) is 3.63. The predicted molar refractivity (Wildman–Crippen MR) is 85.7 cm³/mol. The Balaban J connectivity index is 2.47. The second-order valence-corrected chi connectivity index (χ2v) is 6.23. The van der Waals surface area contributed by atoms with Crippen LogP contribution < -0.4 is 10.1 Å². The molecular weight excluding hydrogens is 327 g/mol. The summed E-state index contributed by atoms with van der Waals surface area (Å²) in [6.45, 7) is 4.62. The smallest absolute Gasteiger partial charge is 0.259 e. The lowest BCUT2D eigenvalue weighted by Gasteiger charge is -2.37. The van der Waals surface area contributed by atoms with E-state index in [2.05, 4.69) is 5.32 Å². The Morgan fingerprint density at radius 1 is 1.36 bits per heavy atom. The van der Waals surface area contributed by atoms with Crippen LogP contribution in [0, 0.1) is 5.92 Å². The van der Waals surface area contributed by atoms with Crippen molar-refractivity contribution in [1.82, 2.24) is 10.2 Å². The van der Waals surface area contributed by atoms with Crippen molar-refractivity contribution < 1.29 is 14.3 Å². The number of piperazine rings is 1. The number of methoxy groups -OCH3 is 1. The van der Waals surface area contributed by atoms with Crippen LogP contribution in [-0.2, 0) is 4.79 Å². The minimum absolute atomic E-state index is 0.0202. The second kappa shape index (κ2) is 6.75. The zero-order valence-electron chi connectivity index (χ0n) is 12.7. The van der Waals surface area contributed by atoms with Crippen molar-refractivity contribution in [2.24, 2.45) is 5.92 Å². The molecule has 7 heteroatoms. The van der Waals surface area contributed by atoms with Crippen molar-refractivity contribution >= 4 is 35.0 Å². The molecule has 1 atom stereocenters. The van der Waals surface area contributed by atoms with Gasteiger partial charge in [-0.15, -0.1) is 0 Å². The van der Waals surface area contributed by atoms with Crippen molar-refractivity contribution in [3.63, 3.8) is 0 Å². The highest BCUT2D eigenvalue weighted by molar-refractivity contribution is 6.37. The molecule has 2 amide bonds. The fourth-order valence-corrected chi connectivity index (χ4v) is 3.12. The van der Waals surface area contributed by atoms with Gasteiger partial charge >= 0.3 is 0 Å². The van der Waals surface area contributed by atoms with Crippen LogP contribution in [0.15, 0.2) is 12.1 Å². The Kier molecular flexibility index (Phi) is 5.19. The van der Waals surface area contributed by atoms with Gasteiger partial charge in [-0.2, -0.15) is 0 Å². The Labute approximate surface area is 139 Å². The Hall–Kier alpha value is -1.46. The zero-order valence-corrected chi connectivity index (χ0v) is 14.2. The normalized spacial score (nSPS) is 18.4. The largest absolute Gasteiger partial charge is 0.494 e. The summed E-state index contributed by atoms with van der Waals surface area (Å²) in [6.07, 6.45) is 0. The van der Waals surface area contributed by atoms with Gasteiger partial charge in [-0.25, -0.2) is 0 Å². The maximum atomic E-state index is 12.9. The number of hydrogen-bond donors (Lipinski definition) is 1. The number of hydrogen-bond acceptors (Lipinski definition) is 3. The molecule has 0 spiro atoms. The average Bonchev–Trinajstić information content (AvgIpc) is 2.47. The van der Waals surface area contributed by atoms with Crippen LogP contribution in [0.25, 0.3) is 0 Å². The topological polar surface area (TPSA) is 58.6 Å². The van der Waals surface area contributed by atoms with Gasteiger partial charge in [0.2, 0.25) is 5.91 Å². The van der Waals surface area contributed by atoms with E-state index in [0.717, 1.165) is 0 Å². The van der Waals surface area contributed by atoms with E-state index in [1.165, 1.54) is 12.0 Å². The van der Waals surface area contributed by atoms with Gasteiger partial charge in [0.15, 0.2) is 5.75 Å². The summed E-state index contributed by atoms with van der Waals surface area (Å²) in [4.78, 5) is 26.6. The molecule has 1 N–H and O–H groups in total. The first-order valence-corrected chi connectivity index (χ1v) is 7.74. The number of carbonyl (C=O) groups is 2. The number of benzene rings is 1. The van der Waals surface area contributed by atoms with Gasteiger partial charge in [0.25, 0.3) is 5.91 Å². The number of rotatable bonds is 3. The molecule has 1 aliphatic rings. The fourth-order valence-electron chi connectivity index (χ4n) is 2.65. The minimum atomic E-state index is -0.541. The lowest BCUT2D eigenvalue weighted by atomic mass is 9.98. The van der Waals surface area contributed by atoms with Crippen LogP contribution in [0.2, 0.25) is 10.0 Å². The van der Waals surface area contributed by atoms with Gasteiger partial charge < -0.3 is 15.0 Å². The number of halogens is 2. The molecule has 2 rings (SSSR count). The molecule has 1 saturated heterocycles. The van der Waals surface area contributed by atoms with Gasteiger partial charge in [0.05, 0.1) is 17.2 Å². The maximum absolute atomic E-state index is 12.9. The quantitative estimate of drug-likeness (QED) is 0.916. The second-order valence-electron chi connectivity index (χ2n) is 5.42. The first-order valence-electron chi connectivity index (χ1n) is 6.99. The lowest BCUT2D eigenvalue weighted by molar-refractivity contribution is -0.129. The van der Waals surface area contributed by atoms with Crippen molar-refractivity contribution in [2.45, 2.75) is 19.9 Å². The van der Waals surface area contributed by atoms with E-state index in [4.69, 9.17) is 27.9 Å². The van der Waals surface area contributed by atoms with E-state index in [9.17, 15) is 9.59 Å². The summed E-state index contributed by atoms with van der Waals surface area (Å²) in [7, 11) is 1.43. The van der Waals surface area contributed by atoms with Gasteiger partial charge in [-0.05, 0) is 18.1 Å². The molecule has 0 radical (unpaired) electrons. The van der Waals surface area contributed by atoms with E-state index < -0.39 is 6.04 Å². The average molecular weight is 345 g/mol. The summed E-state index contributed by atoms with van der Waals surface area (Å²) < 4.78 is 5.23. The van der Waals surface area contributed by atoms with Crippen molar-refractivity contribution in [3.05, 3.63) is 27.7 Å².